The highest BCUT2D eigenvalue weighted by molar-refractivity contribution is 8.01. The average Bonchev–Trinajstić information content (AvgIpc) is 2.91. The van der Waals surface area contributed by atoms with Crippen LogP contribution in [0.2, 0.25) is 0 Å². The summed E-state index contributed by atoms with van der Waals surface area (Å²) in [5.41, 5.74) is 2.72. The number of anilines is 1. The van der Waals surface area contributed by atoms with Crippen LogP contribution >= 0.6 is 23.1 Å². The number of phenols is 1. The van der Waals surface area contributed by atoms with Gasteiger partial charge in [0.2, 0.25) is 10.0 Å². The molecule has 0 aliphatic heterocycles. The maximum Gasteiger partial charge on any atom is 0.229 e. The van der Waals surface area contributed by atoms with Crippen molar-refractivity contribution in [1.82, 2.24) is 4.98 Å². The van der Waals surface area contributed by atoms with Crippen molar-refractivity contribution in [1.29, 1.82) is 0 Å². The molecule has 0 spiro atoms. The molecule has 5 nitrogen and oxygen atoms in total. The molecule has 0 amide bonds. The largest absolute Gasteiger partial charge is 0.506 e. The lowest BCUT2D eigenvalue weighted by atomic mass is 10.1. The van der Waals surface area contributed by atoms with E-state index in [1.807, 2.05) is 24.3 Å². The number of fused-ring (bicyclic) bond motifs is 1. The summed E-state index contributed by atoms with van der Waals surface area (Å²) in [6.45, 7) is 3.54. The molecule has 0 bridgehead atoms. The number of benzene rings is 2. The monoisotopic (exact) mass is 380 g/mol. The van der Waals surface area contributed by atoms with Gasteiger partial charge in [-0.2, -0.15) is 0 Å². The maximum absolute atomic E-state index is 11.5. The SMILES string of the molecule is Cc1c(NS(C)(=O)=O)cc(Sc2nc3ccccc3s2)c(O)c1C. The van der Waals surface area contributed by atoms with Crippen molar-refractivity contribution in [2.24, 2.45) is 0 Å². The van der Waals surface area contributed by atoms with Crippen molar-refractivity contribution in [3.63, 3.8) is 0 Å². The van der Waals surface area contributed by atoms with Crippen LogP contribution in [0.25, 0.3) is 10.2 Å². The third-order valence-corrected chi connectivity index (χ3v) is 6.32. The van der Waals surface area contributed by atoms with Crippen LogP contribution in [0.3, 0.4) is 0 Å². The van der Waals surface area contributed by atoms with Crippen LogP contribution < -0.4 is 4.72 Å². The number of para-hydroxylation sites is 1. The summed E-state index contributed by atoms with van der Waals surface area (Å²) in [5.74, 6) is 0.149. The normalized spacial score (nSPS) is 11.8. The fourth-order valence-corrected chi connectivity index (χ4v) is 5.02. The number of nitrogens with one attached hydrogen (secondary N) is 1. The Morgan fingerprint density at radius 3 is 2.58 bits per heavy atom. The van der Waals surface area contributed by atoms with Gasteiger partial charge in [0, 0.05) is 0 Å². The summed E-state index contributed by atoms with van der Waals surface area (Å²) in [7, 11) is -3.39. The minimum Gasteiger partial charge on any atom is -0.506 e. The number of hydrogen-bond acceptors (Lipinski definition) is 6. The van der Waals surface area contributed by atoms with Crippen LogP contribution in [0.4, 0.5) is 5.69 Å². The summed E-state index contributed by atoms with van der Waals surface area (Å²) in [6.07, 6.45) is 1.11. The molecule has 24 heavy (non-hydrogen) atoms. The van der Waals surface area contributed by atoms with E-state index in [1.54, 1.807) is 19.9 Å². The molecule has 0 aliphatic rings. The Balaban J connectivity index is 2.03. The molecule has 0 radical (unpaired) electrons. The van der Waals surface area contributed by atoms with Crippen LogP contribution in [0.15, 0.2) is 39.6 Å². The molecule has 3 rings (SSSR count). The summed E-state index contributed by atoms with van der Waals surface area (Å²) < 4.78 is 27.5. The number of sulfonamides is 1. The van der Waals surface area contributed by atoms with Gasteiger partial charge in [-0.25, -0.2) is 13.4 Å². The second-order valence-corrected chi connectivity index (χ2v) is 9.51. The van der Waals surface area contributed by atoms with Gasteiger partial charge in [0.15, 0.2) is 4.34 Å². The molecule has 126 valence electrons. The third kappa shape index (κ3) is 3.50. The van der Waals surface area contributed by atoms with Crippen molar-refractivity contribution < 1.29 is 13.5 Å². The van der Waals surface area contributed by atoms with Gasteiger partial charge >= 0.3 is 0 Å². The molecule has 0 fully saturated rings. The first-order valence-electron chi connectivity index (χ1n) is 7.09. The van der Waals surface area contributed by atoms with Gasteiger partial charge in [-0.05, 0) is 43.2 Å². The molecular formula is C16H16N2O3S3. The first kappa shape index (κ1) is 17.1. The molecule has 2 aromatic carbocycles. The summed E-state index contributed by atoms with van der Waals surface area (Å²) in [5, 5.41) is 10.4. The van der Waals surface area contributed by atoms with Crippen molar-refractivity contribution in [3.05, 3.63) is 41.5 Å². The van der Waals surface area contributed by atoms with Crippen LogP contribution in [-0.2, 0) is 10.0 Å². The molecule has 3 aromatic rings. The van der Waals surface area contributed by atoms with E-state index in [9.17, 15) is 13.5 Å². The average molecular weight is 381 g/mol. The third-order valence-electron chi connectivity index (χ3n) is 3.60. The number of aromatic hydroxyl groups is 1. The van der Waals surface area contributed by atoms with Crippen LogP contribution in [0, 0.1) is 13.8 Å². The number of thiazole rings is 1. The number of aromatic nitrogens is 1. The first-order chi connectivity index (χ1) is 11.2. The lowest BCUT2D eigenvalue weighted by molar-refractivity contribution is 0.457. The van der Waals surface area contributed by atoms with Gasteiger partial charge in [0.05, 0.1) is 27.1 Å². The molecular weight excluding hydrogens is 364 g/mol. The van der Waals surface area contributed by atoms with E-state index in [0.29, 0.717) is 21.7 Å². The lowest BCUT2D eigenvalue weighted by Crippen LogP contribution is -2.11. The predicted octanol–water partition coefficient (Wildman–Crippen LogP) is 4.14. The van der Waals surface area contributed by atoms with Crippen LogP contribution in [0.1, 0.15) is 11.1 Å². The molecule has 0 atom stereocenters. The summed E-state index contributed by atoms with van der Waals surface area (Å²) in [6, 6.07) is 9.46. The number of hydrogen-bond donors (Lipinski definition) is 2. The number of rotatable bonds is 4. The van der Waals surface area contributed by atoms with E-state index < -0.39 is 10.0 Å². The highest BCUT2D eigenvalue weighted by Crippen LogP contribution is 2.42. The predicted molar refractivity (Wildman–Crippen MR) is 99.8 cm³/mol. The van der Waals surface area contributed by atoms with E-state index in [1.165, 1.54) is 23.1 Å². The Morgan fingerprint density at radius 2 is 1.92 bits per heavy atom. The van der Waals surface area contributed by atoms with Crippen molar-refractivity contribution in [3.8, 4) is 5.75 Å². The number of nitrogens with zero attached hydrogens (tertiary/aromatic N) is 1. The van der Waals surface area contributed by atoms with E-state index >= 15 is 0 Å². The van der Waals surface area contributed by atoms with Crippen molar-refractivity contribution >= 4 is 49.0 Å². The van der Waals surface area contributed by atoms with Crippen LogP contribution in [-0.4, -0.2) is 24.8 Å². The molecule has 0 saturated heterocycles. The Hall–Kier alpha value is -1.77. The first-order valence-corrected chi connectivity index (χ1v) is 10.6. The quantitative estimate of drug-likeness (QED) is 0.665. The minimum absolute atomic E-state index is 0.149. The summed E-state index contributed by atoms with van der Waals surface area (Å²) in [4.78, 5) is 5.11. The van der Waals surface area contributed by atoms with Crippen molar-refractivity contribution in [2.75, 3.05) is 11.0 Å². The smallest absolute Gasteiger partial charge is 0.229 e. The van der Waals surface area contributed by atoms with E-state index in [4.69, 9.17) is 0 Å². The van der Waals surface area contributed by atoms with Gasteiger partial charge in [-0.1, -0.05) is 23.9 Å². The maximum atomic E-state index is 11.5. The number of phenolic OH excluding ortho intramolecular Hbond substituents is 1. The zero-order valence-corrected chi connectivity index (χ0v) is 15.8. The Kier molecular flexibility index (Phi) is 4.46. The van der Waals surface area contributed by atoms with Gasteiger partial charge in [-0.15, -0.1) is 11.3 Å². The van der Waals surface area contributed by atoms with Gasteiger partial charge in [0.25, 0.3) is 0 Å². The summed E-state index contributed by atoms with van der Waals surface area (Å²) >= 11 is 2.86. The minimum atomic E-state index is -3.39. The zero-order valence-electron chi connectivity index (χ0n) is 13.3. The standard InChI is InChI=1S/C16H16N2O3S3/c1-9-10(2)15(19)14(8-12(9)18-24(3,20)21)23-16-17-11-6-4-5-7-13(11)22-16/h4-8,18-19H,1-3H3. The molecule has 0 unspecified atom stereocenters. The van der Waals surface area contributed by atoms with Gasteiger partial charge in [0.1, 0.15) is 5.75 Å². The lowest BCUT2D eigenvalue weighted by Gasteiger charge is -2.14. The van der Waals surface area contributed by atoms with E-state index in [2.05, 4.69) is 9.71 Å². The molecule has 2 N–H and O–H groups in total. The Morgan fingerprint density at radius 1 is 1.21 bits per heavy atom. The van der Waals surface area contributed by atoms with Crippen molar-refractivity contribution in [2.45, 2.75) is 23.1 Å². The highest BCUT2D eigenvalue weighted by atomic mass is 32.2. The van der Waals surface area contributed by atoms with E-state index in [-0.39, 0.29) is 5.75 Å². The molecule has 1 heterocycles. The molecule has 0 aliphatic carbocycles. The Bertz CT molecular complexity index is 993. The van der Waals surface area contributed by atoms with E-state index in [0.717, 1.165) is 20.8 Å². The fourth-order valence-electron chi connectivity index (χ4n) is 2.24. The van der Waals surface area contributed by atoms with Gasteiger partial charge < -0.3 is 5.11 Å². The Labute approximate surface area is 148 Å². The molecule has 1 aromatic heterocycles. The zero-order chi connectivity index (χ0) is 17.5. The second kappa shape index (κ2) is 6.27. The molecule has 0 saturated carbocycles. The highest BCUT2D eigenvalue weighted by Gasteiger charge is 2.16. The second-order valence-electron chi connectivity index (χ2n) is 5.44. The molecule has 8 heteroatoms. The topological polar surface area (TPSA) is 79.3 Å². The van der Waals surface area contributed by atoms with Crippen LogP contribution in [0.5, 0.6) is 5.75 Å². The fraction of sp³-hybridized carbons (Fsp3) is 0.188. The van der Waals surface area contributed by atoms with Gasteiger partial charge in [-0.3, -0.25) is 4.72 Å².